The molecule has 0 aliphatic heterocycles. The summed E-state index contributed by atoms with van der Waals surface area (Å²) in [6.07, 6.45) is 0.599. The highest BCUT2D eigenvalue weighted by atomic mass is 32.4. The van der Waals surface area contributed by atoms with Gasteiger partial charge in [-0.25, -0.2) is 23.0 Å². The van der Waals surface area contributed by atoms with Crippen LogP contribution in [0.25, 0.3) is 0 Å². The van der Waals surface area contributed by atoms with Crippen molar-refractivity contribution in [1.29, 1.82) is 0 Å². The number of halogens is 4. The normalized spacial score (nSPS) is 15.3. The predicted octanol–water partition coefficient (Wildman–Crippen LogP) is 5.74. The fourth-order valence-electron chi connectivity index (χ4n) is 4.93. The second-order valence-electron chi connectivity index (χ2n) is 10.1. The van der Waals surface area contributed by atoms with E-state index in [-0.39, 0.29) is 18.3 Å². The van der Waals surface area contributed by atoms with Crippen LogP contribution in [-0.2, 0) is 18.4 Å². The Bertz CT molecular complexity index is 1520. The number of nitro benzene ring substituents is 1. The van der Waals surface area contributed by atoms with Crippen molar-refractivity contribution < 1.29 is 27.3 Å². The summed E-state index contributed by atoms with van der Waals surface area (Å²) in [4.78, 5) is 23.8. The van der Waals surface area contributed by atoms with E-state index >= 15 is 17.6 Å². The number of benzene rings is 3. The summed E-state index contributed by atoms with van der Waals surface area (Å²) in [5.41, 5.74) is 3.49. The Morgan fingerprint density at radius 3 is 2.19 bits per heavy atom. The largest absolute Gasteiger partial charge is 0.377 e. The molecule has 3 aromatic rings. The van der Waals surface area contributed by atoms with Gasteiger partial charge in [-0.05, 0) is 18.4 Å². The topological polar surface area (TPSA) is 103 Å². The highest BCUT2D eigenvalue weighted by molar-refractivity contribution is 8.15. The van der Waals surface area contributed by atoms with Gasteiger partial charge < -0.3 is 5.32 Å². The molecule has 1 unspecified atom stereocenters. The maximum atomic E-state index is 15.1. The fraction of sp³-hybridized carbons (Fsp3) is 0.321. The quantitative estimate of drug-likeness (QED) is 0.0804. The Labute approximate surface area is 251 Å². The van der Waals surface area contributed by atoms with E-state index < -0.39 is 51.7 Å². The molecule has 230 valence electrons. The molecule has 1 saturated carbocycles. The number of hydrazine groups is 2. The van der Waals surface area contributed by atoms with Gasteiger partial charge in [0.15, 0.2) is 23.3 Å². The van der Waals surface area contributed by atoms with E-state index in [2.05, 4.69) is 16.2 Å². The predicted molar refractivity (Wildman–Crippen MR) is 160 cm³/mol. The average Bonchev–Trinajstić information content (AvgIpc) is 3.01. The lowest BCUT2D eigenvalue weighted by Crippen LogP contribution is -2.47. The van der Waals surface area contributed by atoms with E-state index in [1.807, 2.05) is 0 Å². The van der Waals surface area contributed by atoms with Crippen LogP contribution in [0, 0.1) is 33.4 Å². The third-order valence-corrected chi connectivity index (χ3v) is 12.2. The number of hydrogen-bond donors (Lipinski definition) is 3. The van der Waals surface area contributed by atoms with Crippen LogP contribution in [-0.4, -0.2) is 40.5 Å². The zero-order chi connectivity index (χ0) is 31.3. The minimum absolute atomic E-state index is 0.0997. The van der Waals surface area contributed by atoms with E-state index in [1.54, 1.807) is 43.4 Å². The molecule has 3 N–H and O–H groups in total. The van der Waals surface area contributed by atoms with Crippen LogP contribution in [0.1, 0.15) is 48.0 Å². The van der Waals surface area contributed by atoms with Crippen molar-refractivity contribution in [2.24, 2.45) is 0 Å². The summed E-state index contributed by atoms with van der Waals surface area (Å²) in [6, 6.07) is 14.2. The summed E-state index contributed by atoms with van der Waals surface area (Å²) >= 11 is 6.03. The van der Waals surface area contributed by atoms with Crippen LogP contribution in [0.3, 0.4) is 0 Å². The van der Waals surface area contributed by atoms with Gasteiger partial charge in [-0.15, -0.1) is 0 Å². The molecule has 1 aliphatic carbocycles. The van der Waals surface area contributed by atoms with Gasteiger partial charge in [-0.1, -0.05) is 73.5 Å². The summed E-state index contributed by atoms with van der Waals surface area (Å²) in [5.74, 6) is -8.45. The van der Waals surface area contributed by atoms with E-state index in [4.69, 9.17) is 11.8 Å². The molecule has 43 heavy (non-hydrogen) atoms. The van der Waals surface area contributed by atoms with Crippen LogP contribution in [0.5, 0.6) is 0 Å². The number of nitro groups is 1. The number of anilines is 1. The number of non-ortho nitro benzene ring substituents is 1. The Kier molecular flexibility index (Phi) is 10.5. The number of rotatable bonds is 11. The second kappa shape index (κ2) is 13.9. The molecule has 3 aromatic carbocycles. The number of carbonyl (C=O) groups excluding carboxylic acids is 1. The fourth-order valence-corrected chi connectivity index (χ4v) is 7.74. The van der Waals surface area contributed by atoms with Gasteiger partial charge in [-0.3, -0.25) is 20.3 Å². The van der Waals surface area contributed by atoms with Crippen molar-refractivity contribution in [2.75, 3.05) is 19.4 Å². The minimum Gasteiger partial charge on any atom is -0.377 e. The highest BCUT2D eigenvalue weighted by Gasteiger charge is 2.35. The molecule has 0 aromatic heterocycles. The molecule has 4 rings (SSSR count). The monoisotopic (exact) mass is 638 g/mol. The minimum atomic E-state index is -3.21. The third kappa shape index (κ3) is 7.05. The van der Waals surface area contributed by atoms with Crippen molar-refractivity contribution in [2.45, 2.75) is 44.7 Å². The summed E-state index contributed by atoms with van der Waals surface area (Å²) in [6.45, 7) is 0.111. The van der Waals surface area contributed by atoms with E-state index in [1.165, 1.54) is 34.8 Å². The summed E-state index contributed by atoms with van der Waals surface area (Å²) in [7, 11) is 2.96. The van der Waals surface area contributed by atoms with Gasteiger partial charge in [0.05, 0.1) is 4.92 Å². The van der Waals surface area contributed by atoms with Crippen LogP contribution in [0.4, 0.5) is 28.9 Å². The van der Waals surface area contributed by atoms with Crippen molar-refractivity contribution in [1.82, 2.24) is 20.4 Å². The smallest absolute Gasteiger partial charge is 0.272 e. The molecule has 0 radical (unpaired) electrons. The molecular formula is C28H31F4N6O3PS. The third-order valence-electron chi connectivity index (χ3n) is 7.25. The molecule has 0 bridgehead atoms. The molecule has 0 spiro atoms. The molecule has 1 amide bonds. The SMILES string of the molecule is CN(NCc1cccc([N+](=O)[O-])c1)P(=S)(c1ccccc1)N(C)NC(=O)c1c(F)c(F)c(NC2CCCCC2)c(F)c1F. The molecule has 1 fully saturated rings. The highest BCUT2D eigenvalue weighted by Crippen LogP contribution is 2.48. The lowest BCUT2D eigenvalue weighted by atomic mass is 9.95. The van der Waals surface area contributed by atoms with Crippen molar-refractivity contribution in [3.63, 3.8) is 0 Å². The number of hydrogen-bond acceptors (Lipinski definition) is 6. The van der Waals surface area contributed by atoms with Crippen LogP contribution in [0.2, 0.25) is 0 Å². The Morgan fingerprint density at radius 2 is 1.58 bits per heavy atom. The Balaban J connectivity index is 1.59. The van der Waals surface area contributed by atoms with E-state index in [0.29, 0.717) is 23.7 Å². The first-order valence-electron chi connectivity index (χ1n) is 13.5. The average molecular weight is 639 g/mol. The van der Waals surface area contributed by atoms with Gasteiger partial charge >= 0.3 is 0 Å². The maximum absolute atomic E-state index is 15.1. The molecule has 0 heterocycles. The van der Waals surface area contributed by atoms with Gasteiger partial charge in [0.1, 0.15) is 17.6 Å². The molecule has 0 saturated heterocycles. The summed E-state index contributed by atoms with van der Waals surface area (Å²) in [5, 5.41) is 14.3. The van der Waals surface area contributed by atoms with Crippen LogP contribution < -0.4 is 21.5 Å². The zero-order valence-electron chi connectivity index (χ0n) is 23.4. The van der Waals surface area contributed by atoms with Gasteiger partial charge in [0.2, 0.25) is 0 Å². The van der Waals surface area contributed by atoms with Crippen molar-refractivity contribution in [3.05, 3.63) is 99.1 Å². The molecule has 1 aliphatic rings. The second-order valence-corrected chi connectivity index (χ2v) is 14.4. The van der Waals surface area contributed by atoms with Crippen LogP contribution in [0.15, 0.2) is 54.6 Å². The molecular weight excluding hydrogens is 607 g/mol. The zero-order valence-corrected chi connectivity index (χ0v) is 25.2. The van der Waals surface area contributed by atoms with Crippen molar-refractivity contribution >= 4 is 40.7 Å². The molecule has 9 nitrogen and oxygen atoms in total. The lowest BCUT2D eigenvalue weighted by molar-refractivity contribution is -0.384. The van der Waals surface area contributed by atoms with E-state index in [9.17, 15) is 14.9 Å². The number of nitrogens with one attached hydrogen (secondary N) is 3. The Hall–Kier alpha value is -3.42. The lowest BCUT2D eigenvalue weighted by Gasteiger charge is -2.39. The number of nitrogens with zero attached hydrogens (tertiary/aromatic N) is 3. The first kappa shape index (κ1) is 32.5. The molecule has 1 atom stereocenters. The maximum Gasteiger partial charge on any atom is 0.272 e. The molecule has 15 heteroatoms. The first-order valence-corrected chi connectivity index (χ1v) is 16.2. The standard InChI is InChI=1S/C28H31F4N6O3PS/c1-36(33-17-18-10-9-13-20(16-18)38(40)41)42(43,21-14-7-4-8-15-21)37(2)35-28(39)22-23(29)25(31)27(26(32)24(22)30)34-19-11-5-3-6-12-19/h4,7-10,13-16,19,33-34H,3,5-6,11-12,17H2,1-2H3,(H,35,39). The van der Waals surface area contributed by atoms with Gasteiger partial charge in [0.25, 0.3) is 11.6 Å². The number of amides is 1. The Morgan fingerprint density at radius 1 is 0.953 bits per heavy atom. The number of carbonyl (C=O) groups is 1. The van der Waals surface area contributed by atoms with Gasteiger partial charge in [-0.2, -0.15) is 9.56 Å². The first-order chi connectivity index (χ1) is 20.4. The van der Waals surface area contributed by atoms with E-state index in [0.717, 1.165) is 19.3 Å². The van der Waals surface area contributed by atoms with Crippen molar-refractivity contribution in [3.8, 4) is 0 Å². The summed E-state index contributed by atoms with van der Waals surface area (Å²) < 4.78 is 63.0. The van der Waals surface area contributed by atoms with Crippen LogP contribution >= 0.6 is 6.34 Å². The van der Waals surface area contributed by atoms with Gasteiger partial charge in [0, 0.05) is 44.1 Å².